The maximum absolute atomic E-state index is 2.53. The summed E-state index contributed by atoms with van der Waals surface area (Å²) in [7, 11) is 0. The molecule has 0 saturated carbocycles. The molecule has 0 N–H and O–H groups in total. The van der Waals surface area contributed by atoms with Crippen LogP contribution in [0.3, 0.4) is 0 Å². The standard InChI is InChI=1S/C98H67N/c1-97(2)88-38-18-15-34-77(88)83-47-50-86-84(95(83)97)48-49-85-78-35-17-20-40-91(78)99(96(85)86)75-32-22-30-67(60-75)73-57-70(63-27-11-6-12-28-63)56-72(58-73)66-29-21-31-74(59-66)98(3)89-39-19-16-37-87(89)93-81-46-45-80-76-33-13-14-36-79(76)92(94(80)82(81)51-52-90(93)98)65-43-41-64(42-44-65)71-54-68(61-23-7-4-8-24-61)53-69(55-71)62-25-9-5-10-26-62/h4-60,92H,1-3H3. The summed E-state index contributed by atoms with van der Waals surface area (Å²) >= 11 is 0. The largest absolute Gasteiger partial charge is 0.309 e. The van der Waals surface area contributed by atoms with E-state index < -0.39 is 5.41 Å². The van der Waals surface area contributed by atoms with Gasteiger partial charge < -0.3 is 4.57 Å². The highest BCUT2D eigenvalue weighted by atomic mass is 15.0. The molecule has 0 aliphatic heterocycles. The summed E-state index contributed by atoms with van der Waals surface area (Å²) in [5, 5.41) is 7.72. The summed E-state index contributed by atoms with van der Waals surface area (Å²) in [6.45, 7) is 7.27. The number of rotatable bonds is 9. The van der Waals surface area contributed by atoms with Gasteiger partial charge in [0, 0.05) is 38.6 Å². The summed E-state index contributed by atoms with van der Waals surface area (Å²) in [5.41, 5.74) is 36.1. The highest BCUT2D eigenvalue weighted by Crippen LogP contribution is 2.59. The lowest BCUT2D eigenvalue weighted by atomic mass is 9.73. The predicted octanol–water partition coefficient (Wildman–Crippen LogP) is 25.9. The van der Waals surface area contributed by atoms with Crippen molar-refractivity contribution in [2.45, 2.75) is 37.5 Å². The molecule has 17 aromatic rings. The van der Waals surface area contributed by atoms with Gasteiger partial charge in [-0.1, -0.05) is 299 Å². The van der Waals surface area contributed by atoms with Gasteiger partial charge in [0.05, 0.1) is 11.0 Å². The van der Waals surface area contributed by atoms with Crippen LogP contribution < -0.4 is 0 Å². The fourth-order valence-corrected chi connectivity index (χ4v) is 18.0. The molecule has 0 bridgehead atoms. The average molecular weight is 1260 g/mol. The Morgan fingerprint density at radius 1 is 0.273 bits per heavy atom. The van der Waals surface area contributed by atoms with Crippen molar-refractivity contribution >= 4 is 43.4 Å². The second kappa shape index (κ2) is 21.9. The normalized spacial score (nSPS) is 15.2. The first-order valence-electron chi connectivity index (χ1n) is 34.9. The number of nitrogens with zero attached hydrogens (tertiary/aromatic N) is 1. The number of para-hydroxylation sites is 1. The van der Waals surface area contributed by atoms with Gasteiger partial charge >= 0.3 is 0 Å². The minimum absolute atomic E-state index is 0.0584. The zero-order valence-corrected chi connectivity index (χ0v) is 55.4. The maximum atomic E-state index is 2.53. The van der Waals surface area contributed by atoms with Crippen molar-refractivity contribution in [3.8, 4) is 106 Å². The van der Waals surface area contributed by atoms with Gasteiger partial charge in [-0.05, 0) is 228 Å². The van der Waals surface area contributed by atoms with Crippen LogP contribution in [0.15, 0.2) is 346 Å². The van der Waals surface area contributed by atoms with Crippen molar-refractivity contribution in [2.24, 2.45) is 0 Å². The summed E-state index contributed by atoms with van der Waals surface area (Å²) in [6.07, 6.45) is 0. The Labute approximate surface area is 577 Å². The van der Waals surface area contributed by atoms with Crippen LogP contribution in [-0.4, -0.2) is 4.57 Å². The van der Waals surface area contributed by atoms with Gasteiger partial charge in [0.25, 0.3) is 0 Å². The lowest BCUT2D eigenvalue weighted by Gasteiger charge is -2.29. The summed E-state index contributed by atoms with van der Waals surface area (Å²) in [6, 6.07) is 131. The molecule has 1 nitrogen and oxygen atoms in total. The highest BCUT2D eigenvalue weighted by molar-refractivity contribution is 6.20. The van der Waals surface area contributed by atoms with Crippen LogP contribution >= 0.6 is 0 Å². The van der Waals surface area contributed by atoms with Crippen molar-refractivity contribution in [1.82, 2.24) is 4.57 Å². The Bertz CT molecular complexity index is 6130. The van der Waals surface area contributed by atoms with Crippen molar-refractivity contribution < 1.29 is 0 Å². The van der Waals surface area contributed by atoms with Crippen LogP contribution in [0.2, 0.25) is 0 Å². The second-order valence-electron chi connectivity index (χ2n) is 28.3. The van der Waals surface area contributed by atoms with Crippen LogP contribution in [0.4, 0.5) is 0 Å². The van der Waals surface area contributed by atoms with E-state index >= 15 is 0 Å². The fraction of sp³-hybridized carbons (Fsp3) is 0.0612. The van der Waals surface area contributed by atoms with E-state index in [1.54, 1.807) is 0 Å². The predicted molar refractivity (Wildman–Crippen MR) is 416 cm³/mol. The molecule has 3 aliphatic carbocycles. The summed E-state index contributed by atoms with van der Waals surface area (Å²) in [5.74, 6) is 0.0584. The molecule has 1 aromatic heterocycles. The minimum Gasteiger partial charge on any atom is -0.309 e. The molecule has 20 rings (SSSR count). The highest BCUT2D eigenvalue weighted by Gasteiger charge is 2.43. The number of fused-ring (bicyclic) bond motifs is 18. The Morgan fingerprint density at radius 3 is 1.43 bits per heavy atom. The molecule has 99 heavy (non-hydrogen) atoms. The van der Waals surface area contributed by atoms with E-state index in [1.807, 2.05) is 0 Å². The third-order valence-electron chi connectivity index (χ3n) is 22.7. The van der Waals surface area contributed by atoms with E-state index in [0.29, 0.717) is 0 Å². The van der Waals surface area contributed by atoms with Crippen LogP contribution in [0, 0.1) is 0 Å². The van der Waals surface area contributed by atoms with Gasteiger partial charge in [-0.3, -0.25) is 0 Å². The maximum Gasteiger partial charge on any atom is 0.0619 e. The van der Waals surface area contributed by atoms with Gasteiger partial charge in [0.15, 0.2) is 0 Å². The molecular formula is C98H67N. The molecule has 1 heterocycles. The molecule has 0 fully saturated rings. The monoisotopic (exact) mass is 1260 g/mol. The molecule has 0 radical (unpaired) electrons. The van der Waals surface area contributed by atoms with Crippen molar-refractivity contribution in [2.75, 3.05) is 0 Å². The first kappa shape index (κ1) is 57.1. The van der Waals surface area contributed by atoms with Gasteiger partial charge in [0.1, 0.15) is 0 Å². The topological polar surface area (TPSA) is 4.93 Å². The third kappa shape index (κ3) is 8.67. The van der Waals surface area contributed by atoms with Gasteiger partial charge in [-0.2, -0.15) is 0 Å². The van der Waals surface area contributed by atoms with Crippen LogP contribution in [0.5, 0.6) is 0 Å². The Balaban J connectivity index is 0.694. The molecule has 1 heteroatoms. The van der Waals surface area contributed by atoms with Gasteiger partial charge in [-0.25, -0.2) is 0 Å². The van der Waals surface area contributed by atoms with Crippen LogP contribution in [0.1, 0.15) is 71.2 Å². The molecule has 16 aromatic carbocycles. The smallest absolute Gasteiger partial charge is 0.0619 e. The SMILES string of the molecule is CC1(C)c2ccccc2-c2ccc3c(ccc4c5ccccc5n(-c5cccc(-c6cc(-c7ccccc7)cc(-c7cccc(C8(C)c9ccccc9-c9c8ccc8c%10c(ccc98)-c8ccccc8C%10c8ccc(-c9cc(-c%10ccccc%10)cc(-c%10ccccc%10)c9)cc8)c7)c6)c5)c34)c21. The molecule has 464 valence electrons. The lowest BCUT2D eigenvalue weighted by Crippen LogP contribution is -2.22. The van der Waals surface area contributed by atoms with Crippen LogP contribution in [-0.2, 0) is 10.8 Å². The zero-order valence-electron chi connectivity index (χ0n) is 55.4. The second-order valence-corrected chi connectivity index (χ2v) is 28.3. The van der Waals surface area contributed by atoms with Crippen molar-refractivity contribution in [1.29, 1.82) is 0 Å². The first-order chi connectivity index (χ1) is 48.7. The average Bonchev–Trinajstić information content (AvgIpc) is 1.55. The fourth-order valence-electron chi connectivity index (χ4n) is 18.0. The summed E-state index contributed by atoms with van der Waals surface area (Å²) < 4.78 is 2.53. The van der Waals surface area contributed by atoms with Crippen LogP contribution in [0.25, 0.3) is 149 Å². The minimum atomic E-state index is -0.452. The van der Waals surface area contributed by atoms with E-state index in [4.69, 9.17) is 0 Å². The molecule has 3 aliphatic rings. The molecular weight excluding hydrogens is 1190 g/mol. The first-order valence-corrected chi connectivity index (χ1v) is 34.9. The quantitative estimate of drug-likeness (QED) is 0.136. The van der Waals surface area contributed by atoms with E-state index in [2.05, 4.69) is 371 Å². The van der Waals surface area contributed by atoms with E-state index in [-0.39, 0.29) is 11.3 Å². The van der Waals surface area contributed by atoms with E-state index in [0.717, 1.165) is 5.69 Å². The molecule has 0 amide bonds. The van der Waals surface area contributed by atoms with E-state index in [9.17, 15) is 0 Å². The zero-order chi connectivity index (χ0) is 65.7. The lowest BCUT2D eigenvalue weighted by molar-refractivity contribution is 0.666. The third-order valence-corrected chi connectivity index (χ3v) is 22.7. The van der Waals surface area contributed by atoms with Gasteiger partial charge in [0.2, 0.25) is 0 Å². The summed E-state index contributed by atoms with van der Waals surface area (Å²) in [4.78, 5) is 0. The van der Waals surface area contributed by atoms with Gasteiger partial charge in [-0.15, -0.1) is 0 Å². The Morgan fingerprint density at radius 2 is 0.758 bits per heavy atom. The van der Waals surface area contributed by atoms with Crippen molar-refractivity contribution in [3.63, 3.8) is 0 Å². The van der Waals surface area contributed by atoms with E-state index in [1.165, 1.54) is 188 Å². The number of hydrogen-bond acceptors (Lipinski definition) is 0. The number of aromatic nitrogens is 1. The molecule has 2 atom stereocenters. The number of benzene rings is 16. The molecule has 0 spiro atoms. The molecule has 0 saturated heterocycles. The molecule has 2 unspecified atom stereocenters. The number of hydrogen-bond donors (Lipinski definition) is 0. The Hall–Kier alpha value is -12.2. The Kier molecular flexibility index (Phi) is 12.7. The van der Waals surface area contributed by atoms with Crippen molar-refractivity contribution in [3.05, 3.63) is 390 Å².